The van der Waals surface area contributed by atoms with E-state index in [2.05, 4.69) is 24.4 Å². The molecule has 0 saturated heterocycles. The number of hydrogen-bond acceptors (Lipinski definition) is 3. The normalized spacial score (nSPS) is 18.5. The van der Waals surface area contributed by atoms with Crippen molar-refractivity contribution in [1.29, 1.82) is 0 Å². The van der Waals surface area contributed by atoms with Gasteiger partial charge in [0.25, 0.3) is 0 Å². The van der Waals surface area contributed by atoms with E-state index >= 15 is 0 Å². The van der Waals surface area contributed by atoms with E-state index in [9.17, 15) is 4.79 Å². The van der Waals surface area contributed by atoms with Crippen molar-refractivity contribution in [1.82, 2.24) is 5.32 Å². The van der Waals surface area contributed by atoms with Crippen molar-refractivity contribution in [2.45, 2.75) is 35.4 Å². The van der Waals surface area contributed by atoms with E-state index in [0.717, 1.165) is 12.8 Å². The lowest BCUT2D eigenvalue weighted by Gasteiger charge is -2.14. The van der Waals surface area contributed by atoms with E-state index in [1.807, 2.05) is 18.2 Å². The van der Waals surface area contributed by atoms with Gasteiger partial charge in [-0.25, -0.2) is 0 Å². The first kappa shape index (κ1) is 12.5. The summed E-state index contributed by atoms with van der Waals surface area (Å²) in [6.45, 7) is 2.77. The Morgan fingerprint density at radius 2 is 2.12 bits per heavy atom. The predicted octanol–water partition coefficient (Wildman–Crippen LogP) is 1.77. The summed E-state index contributed by atoms with van der Waals surface area (Å²) in [6.07, 6.45) is 1.64. The highest BCUT2D eigenvalue weighted by atomic mass is 32.2. The molecule has 2 rings (SSSR count). The van der Waals surface area contributed by atoms with Crippen LogP contribution in [0, 0.1) is 0 Å². The zero-order valence-corrected chi connectivity index (χ0v) is 10.8. The number of carbonyl (C=O) groups excluding carboxylic acids is 1. The predicted molar refractivity (Wildman–Crippen MR) is 70.9 cm³/mol. The number of amides is 1. The molecule has 0 radical (unpaired) electrons. The largest absolute Gasteiger partial charge is 0.353 e. The number of nitrogens with two attached hydrogens (primary N) is 1. The molecular formula is C13H18N2OS. The maximum atomic E-state index is 11.6. The number of thioether (sulfide) groups is 1. The molecule has 0 spiro atoms. The van der Waals surface area contributed by atoms with Crippen LogP contribution in [0.5, 0.6) is 0 Å². The molecule has 1 aromatic rings. The Labute approximate surface area is 106 Å². The van der Waals surface area contributed by atoms with Gasteiger partial charge in [-0.1, -0.05) is 25.1 Å². The zero-order valence-electron chi connectivity index (χ0n) is 9.98. The van der Waals surface area contributed by atoms with Gasteiger partial charge in [-0.2, -0.15) is 0 Å². The molecule has 3 N–H and O–H groups in total. The van der Waals surface area contributed by atoms with Crippen LogP contribution in [-0.2, 0) is 4.79 Å². The Morgan fingerprint density at radius 1 is 1.47 bits per heavy atom. The van der Waals surface area contributed by atoms with E-state index in [1.54, 1.807) is 11.8 Å². The molecule has 3 nitrogen and oxygen atoms in total. The van der Waals surface area contributed by atoms with Crippen molar-refractivity contribution in [3.63, 3.8) is 0 Å². The smallest absolute Gasteiger partial charge is 0.240 e. The second-order valence-electron chi connectivity index (χ2n) is 4.61. The first-order valence-corrected chi connectivity index (χ1v) is 6.77. The lowest BCUT2D eigenvalue weighted by atomic mass is 10.2. The molecule has 1 unspecified atom stereocenters. The number of nitrogens with one attached hydrogen (secondary N) is 1. The SMILES string of the molecule is CC(CNC(=O)C1(N)CC1)Sc1ccccc1. The molecule has 4 heteroatoms. The molecule has 17 heavy (non-hydrogen) atoms. The van der Waals surface area contributed by atoms with Crippen LogP contribution in [0.1, 0.15) is 19.8 Å². The second-order valence-corrected chi connectivity index (χ2v) is 6.12. The Bertz CT molecular complexity index is 390. The monoisotopic (exact) mass is 250 g/mol. The molecule has 1 atom stereocenters. The lowest BCUT2D eigenvalue weighted by molar-refractivity contribution is -0.123. The molecule has 1 aliphatic rings. The minimum Gasteiger partial charge on any atom is -0.353 e. The first-order valence-electron chi connectivity index (χ1n) is 5.89. The minimum atomic E-state index is -0.558. The summed E-state index contributed by atoms with van der Waals surface area (Å²) in [5.41, 5.74) is 5.25. The number of benzene rings is 1. The Morgan fingerprint density at radius 3 is 2.71 bits per heavy atom. The van der Waals surface area contributed by atoms with Crippen LogP contribution in [0.15, 0.2) is 35.2 Å². The maximum Gasteiger partial charge on any atom is 0.240 e. The van der Waals surface area contributed by atoms with Crippen LogP contribution in [0.4, 0.5) is 0 Å². The van der Waals surface area contributed by atoms with Crippen molar-refractivity contribution in [3.05, 3.63) is 30.3 Å². The van der Waals surface area contributed by atoms with Gasteiger partial charge in [-0.15, -0.1) is 11.8 Å². The van der Waals surface area contributed by atoms with E-state index in [-0.39, 0.29) is 5.91 Å². The summed E-state index contributed by atoms with van der Waals surface area (Å²) >= 11 is 1.76. The number of rotatable bonds is 5. The van der Waals surface area contributed by atoms with Crippen molar-refractivity contribution < 1.29 is 4.79 Å². The highest BCUT2D eigenvalue weighted by molar-refractivity contribution is 8.00. The van der Waals surface area contributed by atoms with Crippen molar-refractivity contribution in [3.8, 4) is 0 Å². The zero-order chi connectivity index (χ0) is 12.3. The van der Waals surface area contributed by atoms with Gasteiger partial charge in [-0.05, 0) is 25.0 Å². The molecule has 0 heterocycles. The summed E-state index contributed by atoms with van der Waals surface area (Å²) in [4.78, 5) is 12.9. The first-order chi connectivity index (χ1) is 8.10. The van der Waals surface area contributed by atoms with Gasteiger partial charge in [-0.3, -0.25) is 4.79 Å². The molecule has 0 aromatic heterocycles. The molecule has 1 fully saturated rings. The van der Waals surface area contributed by atoms with Crippen molar-refractivity contribution in [2.24, 2.45) is 5.73 Å². The lowest BCUT2D eigenvalue weighted by Crippen LogP contribution is -2.44. The molecular weight excluding hydrogens is 232 g/mol. The molecule has 1 aromatic carbocycles. The fourth-order valence-corrected chi connectivity index (χ4v) is 2.49. The van der Waals surface area contributed by atoms with Gasteiger partial charge in [0.1, 0.15) is 0 Å². The quantitative estimate of drug-likeness (QED) is 0.783. The van der Waals surface area contributed by atoms with Gasteiger partial charge < -0.3 is 11.1 Å². The molecule has 1 aliphatic carbocycles. The molecule has 0 aliphatic heterocycles. The summed E-state index contributed by atoms with van der Waals surface area (Å²) in [5, 5.41) is 3.27. The van der Waals surface area contributed by atoms with Gasteiger partial charge >= 0.3 is 0 Å². The van der Waals surface area contributed by atoms with Crippen molar-refractivity contribution in [2.75, 3.05) is 6.54 Å². The van der Waals surface area contributed by atoms with E-state index in [1.165, 1.54) is 4.90 Å². The molecule has 1 amide bonds. The van der Waals surface area contributed by atoms with Crippen LogP contribution in [-0.4, -0.2) is 23.2 Å². The average Bonchev–Trinajstić information content (AvgIpc) is 3.07. The van der Waals surface area contributed by atoms with Crippen LogP contribution >= 0.6 is 11.8 Å². The fraction of sp³-hybridized carbons (Fsp3) is 0.462. The van der Waals surface area contributed by atoms with Crippen LogP contribution in [0.3, 0.4) is 0 Å². The third kappa shape index (κ3) is 3.48. The average molecular weight is 250 g/mol. The minimum absolute atomic E-state index is 0.00184. The standard InChI is InChI=1S/C13H18N2OS/c1-10(17-11-5-3-2-4-6-11)9-15-12(16)13(14)7-8-13/h2-6,10H,7-9,14H2,1H3,(H,15,16). The highest BCUT2D eigenvalue weighted by Crippen LogP contribution is 2.32. The van der Waals surface area contributed by atoms with Crippen LogP contribution < -0.4 is 11.1 Å². The topological polar surface area (TPSA) is 55.1 Å². The van der Waals surface area contributed by atoms with Gasteiger partial charge in [0.15, 0.2) is 0 Å². The highest BCUT2D eigenvalue weighted by Gasteiger charge is 2.45. The van der Waals surface area contributed by atoms with E-state index < -0.39 is 5.54 Å². The summed E-state index contributed by atoms with van der Waals surface area (Å²) in [6, 6.07) is 10.2. The third-order valence-corrected chi connectivity index (χ3v) is 3.98. The van der Waals surface area contributed by atoms with E-state index in [4.69, 9.17) is 5.73 Å². The van der Waals surface area contributed by atoms with Crippen molar-refractivity contribution >= 4 is 17.7 Å². The number of hydrogen-bond donors (Lipinski definition) is 2. The summed E-state index contributed by atoms with van der Waals surface area (Å²) < 4.78 is 0. The maximum absolute atomic E-state index is 11.6. The Balaban J connectivity index is 1.74. The Hall–Kier alpha value is -1.00. The van der Waals surface area contributed by atoms with Gasteiger partial charge in [0.2, 0.25) is 5.91 Å². The van der Waals surface area contributed by atoms with Gasteiger partial charge in [0, 0.05) is 16.7 Å². The third-order valence-electron chi connectivity index (χ3n) is 2.87. The fourth-order valence-electron chi connectivity index (χ4n) is 1.55. The summed E-state index contributed by atoms with van der Waals surface area (Å²) in [7, 11) is 0. The Kier molecular flexibility index (Phi) is 3.74. The van der Waals surface area contributed by atoms with Crippen LogP contribution in [0.25, 0.3) is 0 Å². The molecule has 92 valence electrons. The number of carbonyl (C=O) groups is 1. The molecule has 1 saturated carbocycles. The second kappa shape index (κ2) is 5.10. The van der Waals surface area contributed by atoms with E-state index in [0.29, 0.717) is 11.8 Å². The molecule has 0 bridgehead atoms. The van der Waals surface area contributed by atoms with Crippen LogP contribution in [0.2, 0.25) is 0 Å². The van der Waals surface area contributed by atoms with Gasteiger partial charge in [0.05, 0.1) is 5.54 Å². The summed E-state index contributed by atoms with van der Waals surface area (Å²) in [5.74, 6) is -0.00184.